The number of rotatable bonds is 6. The van der Waals surface area contributed by atoms with Gasteiger partial charge in [0.25, 0.3) is 0 Å². The highest BCUT2D eigenvalue weighted by Crippen LogP contribution is 2.20. The first-order valence-electron chi connectivity index (χ1n) is 8.02. The van der Waals surface area contributed by atoms with E-state index >= 15 is 0 Å². The van der Waals surface area contributed by atoms with Gasteiger partial charge in [0.15, 0.2) is 5.82 Å². The molecule has 0 aliphatic carbocycles. The summed E-state index contributed by atoms with van der Waals surface area (Å²) in [7, 11) is 0. The number of carbonyl (C=O) groups is 1. The molecule has 0 bridgehead atoms. The number of aryl methyl sites for hydroxylation is 1. The van der Waals surface area contributed by atoms with E-state index in [1.54, 1.807) is 40.0 Å². The molecule has 0 atom stereocenters. The van der Waals surface area contributed by atoms with Gasteiger partial charge in [-0.1, -0.05) is 23.7 Å². The van der Waals surface area contributed by atoms with Crippen molar-refractivity contribution in [1.82, 2.24) is 19.6 Å². The van der Waals surface area contributed by atoms with Crippen LogP contribution in [0.25, 0.3) is 6.08 Å². The molecule has 0 spiro atoms. The van der Waals surface area contributed by atoms with Gasteiger partial charge in [-0.05, 0) is 30.7 Å². The van der Waals surface area contributed by atoms with Crippen molar-refractivity contribution in [3.05, 3.63) is 70.9 Å². The average molecular weight is 374 g/mol. The third-order valence-electron chi connectivity index (χ3n) is 3.60. The predicted molar refractivity (Wildman–Crippen MR) is 98.3 cm³/mol. The number of hydrogen-bond acceptors (Lipinski definition) is 3. The molecule has 1 N–H and O–H groups in total. The van der Waals surface area contributed by atoms with Crippen LogP contribution in [0.15, 0.2) is 48.9 Å². The summed E-state index contributed by atoms with van der Waals surface area (Å²) in [4.78, 5) is 12.0. The van der Waals surface area contributed by atoms with Crippen LogP contribution in [0.2, 0.25) is 5.02 Å². The first kappa shape index (κ1) is 17.9. The van der Waals surface area contributed by atoms with Crippen LogP contribution >= 0.6 is 11.6 Å². The number of benzene rings is 1. The fourth-order valence-electron chi connectivity index (χ4n) is 2.35. The molecule has 0 fully saturated rings. The van der Waals surface area contributed by atoms with Gasteiger partial charge in [-0.2, -0.15) is 10.2 Å². The maximum Gasteiger partial charge on any atom is 0.249 e. The number of anilines is 1. The highest BCUT2D eigenvalue weighted by molar-refractivity contribution is 6.33. The van der Waals surface area contributed by atoms with Gasteiger partial charge >= 0.3 is 0 Å². The van der Waals surface area contributed by atoms with Crippen molar-refractivity contribution in [2.24, 2.45) is 0 Å². The van der Waals surface area contributed by atoms with E-state index in [2.05, 4.69) is 15.5 Å². The van der Waals surface area contributed by atoms with Gasteiger partial charge in [0.1, 0.15) is 10.8 Å². The third-order valence-corrected chi connectivity index (χ3v) is 3.87. The minimum atomic E-state index is -0.354. The first-order valence-corrected chi connectivity index (χ1v) is 8.40. The number of hydrogen-bond donors (Lipinski definition) is 1. The van der Waals surface area contributed by atoms with E-state index < -0.39 is 0 Å². The standard InChI is InChI=1S/C18H17ClFN5O/c1-2-24-11-14(9-21-24)6-7-17(26)22-18-16(19)12-25(23-18)10-13-4-3-5-15(20)8-13/h3-9,11-12H,2,10H2,1H3,(H,22,23,26)/b7-6+. The predicted octanol–water partition coefficient (Wildman–Crippen LogP) is 3.59. The Morgan fingerprint density at radius 1 is 1.35 bits per heavy atom. The van der Waals surface area contributed by atoms with Crippen LogP contribution in [0.3, 0.4) is 0 Å². The van der Waals surface area contributed by atoms with Crippen molar-refractivity contribution >= 4 is 29.4 Å². The summed E-state index contributed by atoms with van der Waals surface area (Å²) < 4.78 is 16.6. The molecule has 0 radical (unpaired) electrons. The number of amides is 1. The van der Waals surface area contributed by atoms with Crippen LogP contribution in [0.4, 0.5) is 10.2 Å². The minimum absolute atomic E-state index is 0.252. The zero-order valence-corrected chi connectivity index (χ0v) is 14.8. The molecule has 1 aromatic carbocycles. The van der Waals surface area contributed by atoms with Crippen molar-refractivity contribution in [2.45, 2.75) is 20.0 Å². The van der Waals surface area contributed by atoms with Gasteiger partial charge in [0.2, 0.25) is 5.91 Å². The van der Waals surface area contributed by atoms with Crippen molar-refractivity contribution in [2.75, 3.05) is 5.32 Å². The Bertz CT molecular complexity index is 947. The lowest BCUT2D eigenvalue weighted by atomic mass is 10.2. The molecule has 0 unspecified atom stereocenters. The summed E-state index contributed by atoms with van der Waals surface area (Å²) in [6.07, 6.45) is 8.14. The molecule has 3 rings (SSSR count). The van der Waals surface area contributed by atoms with Gasteiger partial charge in [-0.25, -0.2) is 4.39 Å². The highest BCUT2D eigenvalue weighted by Gasteiger charge is 2.10. The van der Waals surface area contributed by atoms with Crippen LogP contribution < -0.4 is 5.32 Å². The minimum Gasteiger partial charge on any atom is -0.304 e. The van der Waals surface area contributed by atoms with E-state index in [-0.39, 0.29) is 17.5 Å². The van der Waals surface area contributed by atoms with Crippen molar-refractivity contribution in [1.29, 1.82) is 0 Å². The number of nitrogens with one attached hydrogen (secondary N) is 1. The number of nitrogens with zero attached hydrogens (tertiary/aromatic N) is 4. The van der Waals surface area contributed by atoms with E-state index in [1.165, 1.54) is 18.2 Å². The zero-order valence-electron chi connectivity index (χ0n) is 14.1. The second-order valence-electron chi connectivity index (χ2n) is 5.61. The van der Waals surface area contributed by atoms with Gasteiger partial charge in [-0.3, -0.25) is 14.2 Å². The fourth-order valence-corrected chi connectivity index (χ4v) is 2.55. The van der Waals surface area contributed by atoms with Gasteiger partial charge in [-0.15, -0.1) is 0 Å². The topological polar surface area (TPSA) is 64.7 Å². The van der Waals surface area contributed by atoms with Crippen LogP contribution in [-0.4, -0.2) is 25.5 Å². The Hall–Kier alpha value is -2.93. The molecule has 6 nitrogen and oxygen atoms in total. The quantitative estimate of drug-likeness (QED) is 0.671. The molecule has 134 valence electrons. The van der Waals surface area contributed by atoms with Crippen molar-refractivity contribution in [3.8, 4) is 0 Å². The highest BCUT2D eigenvalue weighted by atomic mass is 35.5. The Morgan fingerprint density at radius 2 is 2.19 bits per heavy atom. The summed E-state index contributed by atoms with van der Waals surface area (Å²) >= 11 is 6.12. The Labute approximate surface area is 154 Å². The number of carbonyl (C=O) groups excluding carboxylic acids is 1. The summed E-state index contributed by atoms with van der Waals surface area (Å²) in [6, 6.07) is 6.22. The van der Waals surface area contributed by atoms with Crippen LogP contribution in [0, 0.1) is 5.82 Å². The Morgan fingerprint density at radius 3 is 2.92 bits per heavy atom. The Balaban J connectivity index is 1.64. The summed E-state index contributed by atoms with van der Waals surface area (Å²) in [6.45, 7) is 3.09. The normalized spacial score (nSPS) is 11.2. The molecule has 0 saturated heterocycles. The van der Waals surface area contributed by atoms with E-state index in [9.17, 15) is 9.18 Å². The fraction of sp³-hybridized carbons (Fsp3) is 0.167. The van der Waals surface area contributed by atoms with E-state index in [0.717, 1.165) is 17.7 Å². The van der Waals surface area contributed by atoms with E-state index in [0.29, 0.717) is 11.6 Å². The molecule has 8 heteroatoms. The number of halogens is 2. The van der Waals surface area contributed by atoms with Crippen LogP contribution in [0.5, 0.6) is 0 Å². The third kappa shape index (κ3) is 4.58. The molecule has 0 aliphatic rings. The summed E-state index contributed by atoms with van der Waals surface area (Å²) in [5.41, 5.74) is 1.57. The van der Waals surface area contributed by atoms with E-state index in [4.69, 9.17) is 11.6 Å². The molecule has 3 aromatic rings. The molecule has 2 heterocycles. The molecular weight excluding hydrogens is 357 g/mol. The average Bonchev–Trinajstić information content (AvgIpc) is 3.20. The van der Waals surface area contributed by atoms with Crippen molar-refractivity contribution < 1.29 is 9.18 Å². The van der Waals surface area contributed by atoms with Crippen LogP contribution in [0.1, 0.15) is 18.1 Å². The lowest BCUT2D eigenvalue weighted by molar-refractivity contribution is -0.111. The second kappa shape index (κ2) is 7.97. The number of aromatic nitrogens is 4. The maximum absolute atomic E-state index is 13.2. The lowest BCUT2D eigenvalue weighted by Gasteiger charge is -2.02. The molecule has 1 amide bonds. The molecule has 0 saturated carbocycles. The van der Waals surface area contributed by atoms with Gasteiger partial charge < -0.3 is 5.32 Å². The van der Waals surface area contributed by atoms with Gasteiger partial charge in [0.05, 0.1) is 12.7 Å². The van der Waals surface area contributed by atoms with Crippen molar-refractivity contribution in [3.63, 3.8) is 0 Å². The zero-order chi connectivity index (χ0) is 18.5. The van der Waals surface area contributed by atoms with Gasteiger partial charge in [0, 0.05) is 30.6 Å². The monoisotopic (exact) mass is 373 g/mol. The smallest absolute Gasteiger partial charge is 0.249 e. The molecule has 26 heavy (non-hydrogen) atoms. The maximum atomic E-state index is 13.2. The molecule has 2 aromatic heterocycles. The lowest BCUT2D eigenvalue weighted by Crippen LogP contribution is -2.09. The van der Waals surface area contributed by atoms with E-state index in [1.807, 2.05) is 13.1 Å². The second-order valence-corrected chi connectivity index (χ2v) is 6.01. The Kier molecular flexibility index (Phi) is 5.48. The largest absolute Gasteiger partial charge is 0.304 e. The molecular formula is C18H17ClFN5O. The summed E-state index contributed by atoms with van der Waals surface area (Å²) in [5, 5.41) is 11.3. The SMILES string of the molecule is CCn1cc(/C=C/C(=O)Nc2nn(Cc3cccc(F)c3)cc2Cl)cn1. The molecule has 0 aliphatic heterocycles. The van der Waals surface area contributed by atoms with Crippen LogP contribution in [-0.2, 0) is 17.9 Å². The first-order chi connectivity index (χ1) is 12.5. The summed E-state index contributed by atoms with van der Waals surface area (Å²) in [5.74, 6) is -0.417.